The Balaban J connectivity index is 1.45. The molecule has 0 saturated carbocycles. The molecule has 4 heteroatoms. The summed E-state index contributed by atoms with van der Waals surface area (Å²) in [5.74, 6) is 0.317. The van der Waals surface area contributed by atoms with Gasteiger partial charge in [0.15, 0.2) is 0 Å². The maximum Gasteiger partial charge on any atom is 0.123 e. The quantitative estimate of drug-likeness (QED) is 0.824. The second-order valence-electron chi connectivity index (χ2n) is 7.54. The molecule has 1 atom stereocenters. The number of likely N-dealkylation sites (tertiary alicyclic amines) is 1. The number of hydrogen-bond donors (Lipinski definition) is 0. The molecule has 2 aliphatic heterocycles. The van der Waals surface area contributed by atoms with E-state index in [0.29, 0.717) is 18.4 Å². The highest BCUT2D eigenvalue weighted by Gasteiger charge is 2.28. The summed E-state index contributed by atoms with van der Waals surface area (Å²) < 4.78 is 18.9. The van der Waals surface area contributed by atoms with Crippen molar-refractivity contribution in [2.75, 3.05) is 26.3 Å². The third kappa shape index (κ3) is 4.30. The zero-order chi connectivity index (χ0) is 17.8. The lowest BCUT2D eigenvalue weighted by molar-refractivity contribution is 0.0237. The lowest BCUT2D eigenvalue weighted by Crippen LogP contribution is -2.44. The topological polar surface area (TPSA) is 25.4 Å². The molecule has 0 unspecified atom stereocenters. The molecule has 2 fully saturated rings. The van der Waals surface area contributed by atoms with Gasteiger partial charge < -0.3 is 4.74 Å². The second-order valence-corrected chi connectivity index (χ2v) is 7.54. The van der Waals surface area contributed by atoms with E-state index in [1.54, 1.807) is 12.1 Å². The van der Waals surface area contributed by atoms with Gasteiger partial charge in [-0.1, -0.05) is 18.2 Å². The van der Waals surface area contributed by atoms with Gasteiger partial charge in [0, 0.05) is 49.5 Å². The first-order chi connectivity index (χ1) is 12.8. The second kappa shape index (κ2) is 8.28. The van der Waals surface area contributed by atoms with Crippen LogP contribution in [0.4, 0.5) is 4.39 Å². The Bertz CT molecular complexity index is 730. The Morgan fingerprint density at radius 1 is 1.08 bits per heavy atom. The number of hydrogen-bond acceptors (Lipinski definition) is 3. The van der Waals surface area contributed by atoms with Gasteiger partial charge in [0.25, 0.3) is 0 Å². The van der Waals surface area contributed by atoms with Crippen LogP contribution in [0.15, 0.2) is 42.5 Å². The van der Waals surface area contributed by atoms with Gasteiger partial charge in [-0.15, -0.1) is 0 Å². The molecule has 0 amide bonds. The van der Waals surface area contributed by atoms with E-state index in [2.05, 4.69) is 17.0 Å². The van der Waals surface area contributed by atoms with Gasteiger partial charge in [0.2, 0.25) is 0 Å². The Morgan fingerprint density at radius 2 is 1.92 bits per heavy atom. The number of aromatic nitrogens is 1. The van der Waals surface area contributed by atoms with E-state index in [9.17, 15) is 4.39 Å². The molecule has 0 bridgehead atoms. The van der Waals surface area contributed by atoms with Crippen molar-refractivity contribution in [1.29, 1.82) is 0 Å². The number of rotatable bonds is 4. The standard InChI is InChI=1S/C22H27FN2O/c23-19-6-1-4-17(14-19)15-20-7-2-8-22(24-20)18-5-3-11-25(16-18)21-9-12-26-13-10-21/h1-2,4,6-8,14,18,21H,3,5,9-13,15-16H2/t18-/m0/s1. The minimum Gasteiger partial charge on any atom is -0.381 e. The van der Waals surface area contributed by atoms with Crippen LogP contribution >= 0.6 is 0 Å². The van der Waals surface area contributed by atoms with E-state index in [1.807, 2.05) is 12.1 Å². The van der Waals surface area contributed by atoms with Crippen molar-refractivity contribution in [1.82, 2.24) is 9.88 Å². The summed E-state index contributed by atoms with van der Waals surface area (Å²) in [6.07, 6.45) is 5.43. The highest BCUT2D eigenvalue weighted by atomic mass is 19.1. The first kappa shape index (κ1) is 17.6. The molecule has 3 heterocycles. The predicted octanol–water partition coefficient (Wildman–Crippen LogP) is 4.17. The van der Waals surface area contributed by atoms with Crippen molar-refractivity contribution < 1.29 is 9.13 Å². The molecular weight excluding hydrogens is 327 g/mol. The highest BCUT2D eigenvalue weighted by Crippen LogP contribution is 2.29. The summed E-state index contributed by atoms with van der Waals surface area (Å²) in [5.41, 5.74) is 3.19. The number of nitrogens with zero attached hydrogens (tertiary/aromatic N) is 2. The van der Waals surface area contributed by atoms with E-state index in [-0.39, 0.29) is 5.82 Å². The van der Waals surface area contributed by atoms with Gasteiger partial charge >= 0.3 is 0 Å². The smallest absolute Gasteiger partial charge is 0.123 e. The number of ether oxygens (including phenoxy) is 1. The van der Waals surface area contributed by atoms with Crippen LogP contribution in [0.2, 0.25) is 0 Å². The molecule has 1 aromatic carbocycles. The van der Waals surface area contributed by atoms with Gasteiger partial charge in [-0.25, -0.2) is 4.39 Å². The molecule has 0 radical (unpaired) electrons. The predicted molar refractivity (Wildman–Crippen MR) is 101 cm³/mol. The molecular formula is C22H27FN2O. The van der Waals surface area contributed by atoms with Gasteiger partial charge in [-0.3, -0.25) is 9.88 Å². The minimum atomic E-state index is -0.182. The van der Waals surface area contributed by atoms with Gasteiger partial charge in [-0.2, -0.15) is 0 Å². The van der Waals surface area contributed by atoms with Crippen molar-refractivity contribution in [3.63, 3.8) is 0 Å². The molecule has 1 aromatic heterocycles. The molecule has 3 nitrogen and oxygen atoms in total. The van der Waals surface area contributed by atoms with Crippen LogP contribution < -0.4 is 0 Å². The normalized spacial score (nSPS) is 22.4. The Kier molecular flexibility index (Phi) is 5.61. The van der Waals surface area contributed by atoms with Crippen LogP contribution in [0, 0.1) is 5.82 Å². The van der Waals surface area contributed by atoms with Crippen LogP contribution in [-0.2, 0) is 11.2 Å². The summed E-state index contributed by atoms with van der Waals surface area (Å²) in [6, 6.07) is 13.8. The van der Waals surface area contributed by atoms with E-state index in [1.165, 1.54) is 31.1 Å². The van der Waals surface area contributed by atoms with E-state index >= 15 is 0 Å². The number of benzene rings is 1. The molecule has 2 aliphatic rings. The third-order valence-corrected chi connectivity index (χ3v) is 5.68. The monoisotopic (exact) mass is 354 g/mol. The zero-order valence-corrected chi connectivity index (χ0v) is 15.2. The lowest BCUT2D eigenvalue weighted by Gasteiger charge is -2.39. The summed E-state index contributed by atoms with van der Waals surface area (Å²) in [6.45, 7) is 4.09. The average molecular weight is 354 g/mol. The zero-order valence-electron chi connectivity index (χ0n) is 15.2. The van der Waals surface area contributed by atoms with E-state index in [0.717, 1.165) is 43.9 Å². The summed E-state index contributed by atoms with van der Waals surface area (Å²) in [5, 5.41) is 0. The van der Waals surface area contributed by atoms with Crippen LogP contribution in [0.5, 0.6) is 0 Å². The average Bonchev–Trinajstić information content (AvgIpc) is 2.69. The van der Waals surface area contributed by atoms with Crippen molar-refractivity contribution in [2.24, 2.45) is 0 Å². The first-order valence-electron chi connectivity index (χ1n) is 9.80. The van der Waals surface area contributed by atoms with Crippen molar-refractivity contribution in [3.05, 3.63) is 65.2 Å². The molecule has 26 heavy (non-hydrogen) atoms. The maximum absolute atomic E-state index is 13.4. The minimum absolute atomic E-state index is 0.182. The fourth-order valence-corrected chi connectivity index (χ4v) is 4.31. The van der Waals surface area contributed by atoms with Crippen molar-refractivity contribution >= 4 is 0 Å². The molecule has 138 valence electrons. The first-order valence-corrected chi connectivity index (χ1v) is 9.80. The highest BCUT2D eigenvalue weighted by molar-refractivity contribution is 5.24. The summed E-state index contributed by atoms with van der Waals surface area (Å²) >= 11 is 0. The SMILES string of the molecule is Fc1cccc(Cc2cccc([C@H]3CCCN(C4CCOCC4)C3)n2)c1. The van der Waals surface area contributed by atoms with Crippen molar-refractivity contribution in [3.8, 4) is 0 Å². The summed E-state index contributed by atoms with van der Waals surface area (Å²) in [4.78, 5) is 7.58. The number of pyridine rings is 1. The number of piperidine rings is 1. The molecule has 2 saturated heterocycles. The Hall–Kier alpha value is -1.78. The third-order valence-electron chi connectivity index (χ3n) is 5.68. The maximum atomic E-state index is 13.4. The Morgan fingerprint density at radius 3 is 2.77 bits per heavy atom. The summed E-state index contributed by atoms with van der Waals surface area (Å²) in [7, 11) is 0. The fourth-order valence-electron chi connectivity index (χ4n) is 4.31. The molecule has 4 rings (SSSR count). The van der Waals surface area contributed by atoms with Crippen LogP contribution in [0.25, 0.3) is 0 Å². The van der Waals surface area contributed by atoms with Gasteiger partial charge in [0.05, 0.1) is 0 Å². The molecule has 0 aliphatic carbocycles. The molecule has 0 spiro atoms. The van der Waals surface area contributed by atoms with Gasteiger partial charge in [-0.05, 0) is 62.1 Å². The van der Waals surface area contributed by atoms with E-state index in [4.69, 9.17) is 9.72 Å². The number of halogens is 1. The van der Waals surface area contributed by atoms with E-state index < -0.39 is 0 Å². The van der Waals surface area contributed by atoms with Crippen LogP contribution in [-0.4, -0.2) is 42.2 Å². The van der Waals surface area contributed by atoms with Crippen molar-refractivity contribution in [2.45, 2.75) is 44.1 Å². The van der Waals surface area contributed by atoms with Crippen LogP contribution in [0.3, 0.4) is 0 Å². The lowest BCUT2D eigenvalue weighted by atomic mass is 9.91. The van der Waals surface area contributed by atoms with Crippen LogP contribution in [0.1, 0.15) is 48.6 Å². The Labute approximate surface area is 155 Å². The molecule has 0 N–H and O–H groups in total. The molecule has 2 aromatic rings. The fraction of sp³-hybridized carbons (Fsp3) is 0.500. The van der Waals surface area contributed by atoms with Gasteiger partial charge in [0.1, 0.15) is 5.82 Å². The largest absolute Gasteiger partial charge is 0.381 e.